The largest absolute Gasteiger partial charge is 0.486 e. The molecule has 0 atom stereocenters. The van der Waals surface area contributed by atoms with Crippen LogP contribution >= 0.6 is 0 Å². The molecule has 0 aliphatic carbocycles. The van der Waals surface area contributed by atoms with Crippen molar-refractivity contribution in [1.82, 2.24) is 0 Å². The Morgan fingerprint density at radius 3 is 2.56 bits per heavy atom. The molecule has 0 saturated heterocycles. The van der Waals surface area contributed by atoms with Crippen molar-refractivity contribution in [2.24, 2.45) is 0 Å². The highest BCUT2D eigenvalue weighted by atomic mass is 19.1. The first kappa shape index (κ1) is 18.4. The van der Waals surface area contributed by atoms with Gasteiger partial charge in [-0.25, -0.2) is 9.18 Å². The average molecular weight is 347 g/mol. The predicted octanol–water partition coefficient (Wildman–Crippen LogP) is 4.44. The van der Waals surface area contributed by atoms with E-state index in [1.54, 1.807) is 30.3 Å². The van der Waals surface area contributed by atoms with E-state index in [1.165, 1.54) is 6.92 Å². The summed E-state index contributed by atoms with van der Waals surface area (Å²) in [5.74, 6) is -1.79. The second-order valence-corrected chi connectivity index (χ2v) is 5.37. The lowest BCUT2D eigenvalue weighted by Gasteiger charge is -2.14. The number of hydrogen-bond donors (Lipinski definition) is 0. The summed E-state index contributed by atoms with van der Waals surface area (Å²) in [5, 5.41) is 11.3. The number of hydrogen-bond acceptors (Lipinski definition) is 5. The van der Waals surface area contributed by atoms with Gasteiger partial charge in [-0.1, -0.05) is 31.5 Å². The standard InChI is InChI=1S/C18H18FNO5/c1-3-4-10-24-17-15(20(22)23)11-14(19)12(2)16(17)18(21)25-13-8-6-5-7-9-13/h5-9,11H,3-4,10H2,1-2H3. The third kappa shape index (κ3) is 4.32. The fourth-order valence-electron chi connectivity index (χ4n) is 2.20. The van der Waals surface area contributed by atoms with Crippen LogP contribution in [0.5, 0.6) is 11.5 Å². The summed E-state index contributed by atoms with van der Waals surface area (Å²) in [7, 11) is 0. The number of nitrogens with zero attached hydrogens (tertiary/aromatic N) is 1. The number of carbonyl (C=O) groups excluding carboxylic acids is 1. The molecule has 0 bridgehead atoms. The van der Waals surface area contributed by atoms with Gasteiger partial charge in [0.1, 0.15) is 17.1 Å². The Labute approximate surface area is 144 Å². The third-order valence-corrected chi connectivity index (χ3v) is 3.56. The van der Waals surface area contributed by atoms with Gasteiger partial charge >= 0.3 is 11.7 Å². The lowest BCUT2D eigenvalue weighted by atomic mass is 10.1. The Morgan fingerprint density at radius 2 is 1.96 bits per heavy atom. The van der Waals surface area contributed by atoms with Crippen LogP contribution in [0.15, 0.2) is 36.4 Å². The van der Waals surface area contributed by atoms with Crippen molar-refractivity contribution >= 4 is 11.7 Å². The number of rotatable bonds is 7. The molecule has 132 valence electrons. The van der Waals surface area contributed by atoms with Crippen molar-refractivity contribution in [1.29, 1.82) is 0 Å². The summed E-state index contributed by atoms with van der Waals surface area (Å²) in [6.45, 7) is 3.46. The number of nitro benzene ring substituents is 1. The molecule has 0 radical (unpaired) electrons. The Balaban J connectivity index is 2.48. The van der Waals surface area contributed by atoms with Crippen molar-refractivity contribution in [3.05, 3.63) is 63.5 Å². The number of para-hydroxylation sites is 1. The first-order chi connectivity index (χ1) is 12.0. The van der Waals surface area contributed by atoms with Crippen LogP contribution in [-0.2, 0) is 0 Å². The van der Waals surface area contributed by atoms with Crippen molar-refractivity contribution < 1.29 is 23.6 Å². The minimum atomic E-state index is -0.905. The molecule has 25 heavy (non-hydrogen) atoms. The quantitative estimate of drug-likeness (QED) is 0.243. The topological polar surface area (TPSA) is 78.7 Å². The maximum absolute atomic E-state index is 14.1. The van der Waals surface area contributed by atoms with Crippen LogP contribution in [0.25, 0.3) is 0 Å². The molecule has 0 aliphatic heterocycles. The molecule has 2 aromatic carbocycles. The minimum absolute atomic E-state index is 0.0574. The van der Waals surface area contributed by atoms with Gasteiger partial charge in [-0.3, -0.25) is 10.1 Å². The summed E-state index contributed by atoms with van der Waals surface area (Å²) >= 11 is 0. The first-order valence-corrected chi connectivity index (χ1v) is 7.83. The van der Waals surface area contributed by atoms with Gasteiger partial charge in [0.15, 0.2) is 0 Å². The van der Waals surface area contributed by atoms with Crippen LogP contribution in [-0.4, -0.2) is 17.5 Å². The molecule has 2 rings (SSSR count). The van der Waals surface area contributed by atoms with Crippen molar-refractivity contribution in [3.63, 3.8) is 0 Å². The summed E-state index contributed by atoms with van der Waals surface area (Å²) in [6, 6.07) is 8.95. The zero-order valence-electron chi connectivity index (χ0n) is 14.0. The van der Waals surface area contributed by atoms with Crippen LogP contribution in [0.3, 0.4) is 0 Å². The van der Waals surface area contributed by atoms with E-state index in [-0.39, 0.29) is 29.2 Å². The fraction of sp³-hybridized carbons (Fsp3) is 0.278. The number of unbranched alkanes of at least 4 members (excludes halogenated alkanes) is 1. The lowest BCUT2D eigenvalue weighted by molar-refractivity contribution is -0.386. The molecule has 0 aliphatic rings. The van der Waals surface area contributed by atoms with Gasteiger partial charge in [0.2, 0.25) is 5.75 Å². The zero-order chi connectivity index (χ0) is 18.4. The molecular weight excluding hydrogens is 329 g/mol. The molecule has 0 heterocycles. The summed E-state index contributed by atoms with van der Waals surface area (Å²) in [4.78, 5) is 23.0. The third-order valence-electron chi connectivity index (χ3n) is 3.56. The van der Waals surface area contributed by atoms with Gasteiger partial charge in [0, 0.05) is 5.56 Å². The van der Waals surface area contributed by atoms with Crippen molar-refractivity contribution in [2.45, 2.75) is 26.7 Å². The van der Waals surface area contributed by atoms with E-state index in [2.05, 4.69) is 0 Å². The number of carbonyl (C=O) groups is 1. The molecule has 7 heteroatoms. The van der Waals surface area contributed by atoms with Gasteiger partial charge < -0.3 is 9.47 Å². The molecule has 0 N–H and O–H groups in total. The maximum atomic E-state index is 14.1. The maximum Gasteiger partial charge on any atom is 0.347 e. The molecule has 6 nitrogen and oxygen atoms in total. The van der Waals surface area contributed by atoms with E-state index in [4.69, 9.17) is 9.47 Å². The summed E-state index contributed by atoms with van der Waals surface area (Å²) < 4.78 is 24.8. The molecule has 0 aromatic heterocycles. The second kappa shape index (κ2) is 8.23. The Bertz CT molecular complexity index is 777. The monoisotopic (exact) mass is 347 g/mol. The van der Waals surface area contributed by atoms with E-state index in [1.807, 2.05) is 6.92 Å². The molecule has 0 spiro atoms. The predicted molar refractivity (Wildman–Crippen MR) is 89.6 cm³/mol. The van der Waals surface area contributed by atoms with E-state index in [0.717, 1.165) is 12.5 Å². The Kier molecular flexibility index (Phi) is 6.05. The normalized spacial score (nSPS) is 10.4. The van der Waals surface area contributed by atoms with Crippen molar-refractivity contribution in [2.75, 3.05) is 6.61 Å². The summed E-state index contributed by atoms with van der Waals surface area (Å²) in [6.07, 6.45) is 1.44. The van der Waals surface area contributed by atoms with Gasteiger partial charge in [-0.2, -0.15) is 0 Å². The highest BCUT2D eigenvalue weighted by molar-refractivity contribution is 5.97. The highest BCUT2D eigenvalue weighted by Crippen LogP contribution is 2.36. The minimum Gasteiger partial charge on any atom is -0.486 e. The SMILES string of the molecule is CCCCOc1c([N+](=O)[O-])cc(F)c(C)c1C(=O)Oc1ccccc1. The van der Waals surface area contributed by atoms with Crippen LogP contribution in [0, 0.1) is 22.9 Å². The van der Waals surface area contributed by atoms with Gasteiger partial charge in [-0.05, 0) is 25.5 Å². The van der Waals surface area contributed by atoms with E-state index in [9.17, 15) is 19.3 Å². The molecule has 0 unspecified atom stereocenters. The van der Waals surface area contributed by atoms with Crippen LogP contribution in [0.2, 0.25) is 0 Å². The van der Waals surface area contributed by atoms with Gasteiger partial charge in [-0.15, -0.1) is 0 Å². The Morgan fingerprint density at radius 1 is 1.28 bits per heavy atom. The Hall–Kier alpha value is -2.96. The number of ether oxygens (including phenoxy) is 2. The molecular formula is C18H18FNO5. The van der Waals surface area contributed by atoms with Crippen LogP contribution in [0.1, 0.15) is 35.7 Å². The summed E-state index contributed by atoms with van der Waals surface area (Å²) in [5.41, 5.74) is -0.927. The fourth-order valence-corrected chi connectivity index (χ4v) is 2.20. The van der Waals surface area contributed by atoms with Gasteiger partial charge in [0.25, 0.3) is 0 Å². The average Bonchev–Trinajstić information content (AvgIpc) is 2.58. The second-order valence-electron chi connectivity index (χ2n) is 5.37. The van der Waals surface area contributed by atoms with Gasteiger partial charge in [0.05, 0.1) is 17.6 Å². The van der Waals surface area contributed by atoms with Crippen LogP contribution in [0.4, 0.5) is 10.1 Å². The zero-order valence-corrected chi connectivity index (χ0v) is 14.0. The van der Waals surface area contributed by atoms with E-state index < -0.39 is 22.4 Å². The van der Waals surface area contributed by atoms with Crippen LogP contribution < -0.4 is 9.47 Å². The van der Waals surface area contributed by atoms with Crippen molar-refractivity contribution in [3.8, 4) is 11.5 Å². The number of benzene rings is 2. The number of esters is 1. The number of nitro groups is 1. The lowest BCUT2D eigenvalue weighted by Crippen LogP contribution is -2.15. The van der Waals surface area contributed by atoms with E-state index in [0.29, 0.717) is 6.42 Å². The number of halogens is 1. The highest BCUT2D eigenvalue weighted by Gasteiger charge is 2.30. The molecule has 0 saturated carbocycles. The van der Waals surface area contributed by atoms with E-state index >= 15 is 0 Å². The molecule has 0 amide bonds. The first-order valence-electron chi connectivity index (χ1n) is 7.83. The molecule has 2 aromatic rings. The smallest absolute Gasteiger partial charge is 0.347 e. The molecule has 0 fully saturated rings.